The minimum Gasteiger partial charge on any atom is -0.307 e. The number of aryl methyl sites for hydroxylation is 2. The summed E-state index contributed by atoms with van der Waals surface area (Å²) in [5.41, 5.74) is 2.88. The summed E-state index contributed by atoms with van der Waals surface area (Å²) in [7, 11) is 0. The molecule has 0 aliphatic carbocycles. The monoisotopic (exact) mass is 409 g/mol. The fraction of sp³-hybridized carbons (Fsp3) is 0.318. The van der Waals surface area contributed by atoms with Crippen LogP contribution < -0.4 is 10.2 Å². The van der Waals surface area contributed by atoms with Gasteiger partial charge < -0.3 is 5.32 Å². The Morgan fingerprint density at radius 2 is 1.97 bits per heavy atom. The van der Waals surface area contributed by atoms with Gasteiger partial charge >= 0.3 is 6.03 Å². The first-order valence-corrected chi connectivity index (χ1v) is 10.3. The second-order valence-corrected chi connectivity index (χ2v) is 7.83. The van der Waals surface area contributed by atoms with Crippen LogP contribution in [0.4, 0.5) is 16.4 Å². The Balaban J connectivity index is 1.66. The maximum atomic E-state index is 13.3. The number of hydrogen-bond donors (Lipinski definition) is 1. The number of rotatable bonds is 4. The average Bonchev–Trinajstić information content (AvgIpc) is 2.95. The second kappa shape index (κ2) is 8.66. The van der Waals surface area contributed by atoms with Gasteiger partial charge in [-0.2, -0.15) is 0 Å². The molecule has 29 heavy (non-hydrogen) atoms. The van der Waals surface area contributed by atoms with Crippen LogP contribution in [-0.4, -0.2) is 20.8 Å². The highest BCUT2D eigenvalue weighted by atomic mass is 35.5. The van der Waals surface area contributed by atoms with Crippen molar-refractivity contribution in [3.05, 3.63) is 70.5 Å². The van der Waals surface area contributed by atoms with E-state index in [1.807, 2.05) is 25.1 Å². The van der Waals surface area contributed by atoms with Crippen molar-refractivity contribution in [2.24, 2.45) is 0 Å². The number of nitrogens with one attached hydrogen (secondary N) is 1. The van der Waals surface area contributed by atoms with Crippen LogP contribution in [-0.2, 0) is 19.5 Å². The molecule has 0 fully saturated rings. The van der Waals surface area contributed by atoms with Gasteiger partial charge in [-0.25, -0.2) is 4.79 Å². The lowest BCUT2D eigenvalue weighted by Gasteiger charge is -2.23. The van der Waals surface area contributed by atoms with E-state index in [0.29, 0.717) is 23.2 Å². The first-order valence-electron chi connectivity index (χ1n) is 9.92. The highest BCUT2D eigenvalue weighted by molar-refractivity contribution is 6.30. The van der Waals surface area contributed by atoms with Crippen molar-refractivity contribution >= 4 is 29.3 Å². The molecule has 2 amide bonds. The highest BCUT2D eigenvalue weighted by Gasteiger charge is 2.25. The van der Waals surface area contributed by atoms with Gasteiger partial charge in [0.25, 0.3) is 0 Å². The summed E-state index contributed by atoms with van der Waals surface area (Å²) >= 11 is 5.96. The lowest BCUT2D eigenvalue weighted by Crippen LogP contribution is -2.36. The van der Waals surface area contributed by atoms with Crippen molar-refractivity contribution in [3.8, 4) is 0 Å². The number of benzene rings is 2. The molecule has 6 nitrogen and oxygen atoms in total. The largest absolute Gasteiger partial charge is 0.329 e. The van der Waals surface area contributed by atoms with Crippen LogP contribution in [0.1, 0.15) is 36.2 Å². The van der Waals surface area contributed by atoms with Crippen LogP contribution in [0.5, 0.6) is 0 Å². The Morgan fingerprint density at radius 3 is 2.76 bits per heavy atom. The number of amides is 2. The number of fused-ring (bicyclic) bond motifs is 1. The van der Waals surface area contributed by atoms with Gasteiger partial charge in [-0.1, -0.05) is 47.9 Å². The van der Waals surface area contributed by atoms with Crippen LogP contribution in [0.15, 0.2) is 48.5 Å². The normalized spacial score (nSPS) is 13.4. The third kappa shape index (κ3) is 4.59. The molecule has 0 unspecified atom stereocenters. The molecule has 3 aromatic rings. The molecule has 1 aromatic heterocycles. The molecule has 2 heterocycles. The van der Waals surface area contributed by atoms with Crippen molar-refractivity contribution < 1.29 is 4.79 Å². The standard InChI is InChI=1S/C22H24ClN5O/c1-16-6-5-7-17(14-16)15-28(22(29)24-19-11-9-18(23)10-12-19)21-26-25-20-8-3-2-4-13-27(20)21/h5-7,9-12,14H,2-4,8,13,15H2,1H3,(H,24,29). The smallest absolute Gasteiger partial charge is 0.307 e. The third-order valence-electron chi connectivity index (χ3n) is 5.10. The molecule has 0 bridgehead atoms. The van der Waals surface area contributed by atoms with Crippen LogP contribution in [0.2, 0.25) is 5.02 Å². The van der Waals surface area contributed by atoms with E-state index >= 15 is 0 Å². The summed E-state index contributed by atoms with van der Waals surface area (Å²) in [5.74, 6) is 1.54. The minimum atomic E-state index is -0.242. The van der Waals surface area contributed by atoms with Gasteiger partial charge in [0.15, 0.2) is 0 Å². The van der Waals surface area contributed by atoms with E-state index in [-0.39, 0.29) is 6.03 Å². The van der Waals surface area contributed by atoms with Gasteiger partial charge in [0.2, 0.25) is 5.95 Å². The van der Waals surface area contributed by atoms with E-state index in [4.69, 9.17) is 11.6 Å². The zero-order chi connectivity index (χ0) is 20.2. The summed E-state index contributed by atoms with van der Waals surface area (Å²) in [6, 6.07) is 15.0. The first-order chi connectivity index (χ1) is 14.1. The molecule has 4 rings (SSSR count). The van der Waals surface area contributed by atoms with Gasteiger partial charge in [-0.05, 0) is 49.6 Å². The Labute approximate surface area is 175 Å². The summed E-state index contributed by atoms with van der Waals surface area (Å²) in [5, 5.41) is 12.4. The Kier molecular flexibility index (Phi) is 5.81. The molecule has 0 saturated heterocycles. The number of halogens is 1. The predicted molar refractivity (Wildman–Crippen MR) is 115 cm³/mol. The second-order valence-electron chi connectivity index (χ2n) is 7.39. The van der Waals surface area contributed by atoms with Crippen LogP contribution in [0, 0.1) is 6.92 Å². The zero-order valence-corrected chi connectivity index (χ0v) is 17.2. The number of nitrogens with zero attached hydrogens (tertiary/aromatic N) is 4. The fourth-order valence-electron chi connectivity index (χ4n) is 3.62. The molecule has 7 heteroatoms. The first kappa shape index (κ1) is 19.5. The van der Waals surface area contributed by atoms with Crippen molar-refractivity contribution in [2.45, 2.75) is 45.7 Å². The van der Waals surface area contributed by atoms with E-state index in [2.05, 4.69) is 26.1 Å². The Hall–Kier alpha value is -2.86. The number of carbonyl (C=O) groups excluding carboxylic acids is 1. The van der Waals surface area contributed by atoms with Gasteiger partial charge in [0.1, 0.15) is 5.82 Å². The van der Waals surface area contributed by atoms with Gasteiger partial charge in [-0.3, -0.25) is 9.47 Å². The van der Waals surface area contributed by atoms with Gasteiger partial charge in [-0.15, -0.1) is 10.2 Å². The summed E-state index contributed by atoms with van der Waals surface area (Å²) in [6.45, 7) is 3.29. The molecule has 1 aliphatic rings. The maximum absolute atomic E-state index is 13.3. The SMILES string of the molecule is Cc1cccc(CN(C(=O)Nc2ccc(Cl)cc2)c2nnc3n2CCCCC3)c1. The van der Waals surface area contributed by atoms with Crippen molar-refractivity contribution in [1.29, 1.82) is 0 Å². The molecule has 150 valence electrons. The maximum Gasteiger partial charge on any atom is 0.329 e. The molecule has 0 saturated carbocycles. The van der Waals surface area contributed by atoms with E-state index in [9.17, 15) is 4.79 Å². The van der Waals surface area contributed by atoms with Crippen molar-refractivity contribution in [2.75, 3.05) is 10.2 Å². The highest BCUT2D eigenvalue weighted by Crippen LogP contribution is 2.23. The van der Waals surface area contributed by atoms with E-state index in [1.165, 1.54) is 0 Å². The van der Waals surface area contributed by atoms with E-state index < -0.39 is 0 Å². The van der Waals surface area contributed by atoms with E-state index in [1.54, 1.807) is 29.2 Å². The number of anilines is 2. The molecule has 1 aliphatic heterocycles. The Morgan fingerprint density at radius 1 is 1.14 bits per heavy atom. The van der Waals surface area contributed by atoms with Crippen LogP contribution >= 0.6 is 11.6 Å². The molecular formula is C22H24ClN5O. The number of carbonyl (C=O) groups is 1. The van der Waals surface area contributed by atoms with Crippen LogP contribution in [0.25, 0.3) is 0 Å². The van der Waals surface area contributed by atoms with Gasteiger partial charge in [0.05, 0.1) is 6.54 Å². The van der Waals surface area contributed by atoms with Crippen molar-refractivity contribution in [3.63, 3.8) is 0 Å². The molecule has 0 radical (unpaired) electrons. The minimum absolute atomic E-state index is 0.242. The lowest BCUT2D eigenvalue weighted by molar-refractivity contribution is 0.256. The third-order valence-corrected chi connectivity index (χ3v) is 5.35. The quantitative estimate of drug-likeness (QED) is 0.643. The number of aromatic nitrogens is 3. The zero-order valence-electron chi connectivity index (χ0n) is 16.4. The number of hydrogen-bond acceptors (Lipinski definition) is 3. The van der Waals surface area contributed by atoms with Crippen LogP contribution in [0.3, 0.4) is 0 Å². The number of urea groups is 1. The predicted octanol–water partition coefficient (Wildman–Crippen LogP) is 5.21. The van der Waals surface area contributed by atoms with Gasteiger partial charge in [0, 0.05) is 23.7 Å². The lowest BCUT2D eigenvalue weighted by atomic mass is 10.1. The summed E-state index contributed by atoms with van der Waals surface area (Å²) in [6.07, 6.45) is 4.23. The molecule has 2 aromatic carbocycles. The molecular weight excluding hydrogens is 386 g/mol. The topological polar surface area (TPSA) is 63.1 Å². The molecule has 0 atom stereocenters. The van der Waals surface area contributed by atoms with E-state index in [0.717, 1.165) is 49.2 Å². The fourth-order valence-corrected chi connectivity index (χ4v) is 3.75. The summed E-state index contributed by atoms with van der Waals surface area (Å²) < 4.78 is 2.09. The molecule has 1 N–H and O–H groups in total. The average molecular weight is 410 g/mol. The Bertz CT molecular complexity index is 999. The molecule has 0 spiro atoms. The van der Waals surface area contributed by atoms with Crippen molar-refractivity contribution in [1.82, 2.24) is 14.8 Å². The summed E-state index contributed by atoms with van der Waals surface area (Å²) in [4.78, 5) is 14.9.